The maximum absolute atomic E-state index is 11.0. The second-order valence-electron chi connectivity index (χ2n) is 2.84. The van der Waals surface area contributed by atoms with Gasteiger partial charge in [0, 0.05) is 16.7 Å². The number of hydrogen-bond donors (Lipinski definition) is 0. The monoisotopic (exact) mass is 172 g/mol. The maximum atomic E-state index is 11.0. The van der Waals surface area contributed by atoms with Crippen molar-refractivity contribution in [2.24, 2.45) is 4.99 Å². The van der Waals surface area contributed by atoms with Crippen molar-refractivity contribution in [1.82, 2.24) is 5.16 Å². The van der Waals surface area contributed by atoms with E-state index in [-0.39, 0.29) is 5.91 Å². The SMILES string of the molecule is O=C1C=c2ccc3cnoc3c2=N1. The van der Waals surface area contributed by atoms with Crippen molar-refractivity contribution in [3.63, 3.8) is 0 Å². The van der Waals surface area contributed by atoms with Crippen LogP contribution in [0.1, 0.15) is 0 Å². The van der Waals surface area contributed by atoms with Gasteiger partial charge in [0.15, 0.2) is 5.58 Å². The predicted molar refractivity (Wildman–Crippen MR) is 44.3 cm³/mol. The smallest absolute Gasteiger partial charge is 0.271 e. The van der Waals surface area contributed by atoms with Gasteiger partial charge in [-0.3, -0.25) is 4.79 Å². The minimum Gasteiger partial charge on any atom is -0.354 e. The molecule has 1 amide bonds. The van der Waals surface area contributed by atoms with Crippen molar-refractivity contribution in [2.45, 2.75) is 0 Å². The van der Waals surface area contributed by atoms with E-state index >= 15 is 0 Å². The van der Waals surface area contributed by atoms with Crippen LogP contribution in [0.3, 0.4) is 0 Å². The summed E-state index contributed by atoms with van der Waals surface area (Å²) in [4.78, 5) is 14.8. The Morgan fingerprint density at radius 1 is 1.31 bits per heavy atom. The Morgan fingerprint density at radius 3 is 3.15 bits per heavy atom. The molecule has 62 valence electrons. The van der Waals surface area contributed by atoms with Gasteiger partial charge >= 0.3 is 0 Å². The average molecular weight is 172 g/mol. The normalized spacial score (nSPS) is 14.0. The first kappa shape index (κ1) is 6.54. The Bertz CT molecular complexity index is 625. The molecule has 4 nitrogen and oxygen atoms in total. The fraction of sp³-hybridized carbons (Fsp3) is 0. The van der Waals surface area contributed by atoms with Crippen molar-refractivity contribution in [2.75, 3.05) is 0 Å². The second-order valence-corrected chi connectivity index (χ2v) is 2.84. The zero-order valence-corrected chi connectivity index (χ0v) is 6.52. The van der Waals surface area contributed by atoms with Gasteiger partial charge in [0.25, 0.3) is 5.91 Å². The molecule has 1 aromatic carbocycles. The lowest BCUT2D eigenvalue weighted by Gasteiger charge is -1.83. The Morgan fingerprint density at radius 2 is 2.23 bits per heavy atom. The lowest BCUT2D eigenvalue weighted by molar-refractivity contribution is -0.112. The molecule has 0 aliphatic carbocycles. The van der Waals surface area contributed by atoms with E-state index in [2.05, 4.69) is 10.1 Å². The molecule has 0 saturated heterocycles. The van der Waals surface area contributed by atoms with E-state index in [0.29, 0.717) is 10.9 Å². The third kappa shape index (κ3) is 0.767. The Balaban J connectivity index is 2.69. The molecule has 0 atom stereocenters. The fourth-order valence-electron chi connectivity index (χ4n) is 1.44. The second kappa shape index (κ2) is 2.04. The Kier molecular flexibility index (Phi) is 1.02. The lowest BCUT2D eigenvalue weighted by Crippen LogP contribution is -2.20. The van der Waals surface area contributed by atoms with Crippen LogP contribution < -0.4 is 10.6 Å². The molecule has 0 fully saturated rings. The molecule has 0 bridgehead atoms. The summed E-state index contributed by atoms with van der Waals surface area (Å²) in [7, 11) is 0. The molecular weight excluding hydrogens is 168 g/mol. The molecule has 3 rings (SSSR count). The van der Waals surface area contributed by atoms with E-state index in [1.807, 2.05) is 12.1 Å². The number of aromatic nitrogens is 1. The largest absolute Gasteiger partial charge is 0.354 e. The number of rotatable bonds is 0. The molecule has 2 heterocycles. The number of amides is 1. The minimum atomic E-state index is -0.237. The standard InChI is InChI=1S/C9H4N2O2/c12-7-3-5-1-2-6-4-10-13-9(6)8(5)11-7/h1-4H. The molecular formula is C9H4N2O2. The van der Waals surface area contributed by atoms with Gasteiger partial charge in [-0.05, 0) is 6.07 Å². The molecule has 13 heavy (non-hydrogen) atoms. The van der Waals surface area contributed by atoms with Crippen LogP contribution in [-0.4, -0.2) is 11.1 Å². The molecule has 1 aliphatic heterocycles. The number of carbonyl (C=O) groups excluding carboxylic acids is 1. The molecule has 0 saturated carbocycles. The molecule has 0 unspecified atom stereocenters. The van der Waals surface area contributed by atoms with Gasteiger partial charge < -0.3 is 4.52 Å². The number of carbonyl (C=O) groups is 1. The van der Waals surface area contributed by atoms with E-state index in [1.54, 1.807) is 6.20 Å². The number of fused-ring (bicyclic) bond motifs is 3. The predicted octanol–water partition coefficient (Wildman–Crippen LogP) is -0.232. The molecule has 0 radical (unpaired) electrons. The summed E-state index contributed by atoms with van der Waals surface area (Å²) in [6.45, 7) is 0. The van der Waals surface area contributed by atoms with E-state index < -0.39 is 0 Å². The third-order valence-electron chi connectivity index (χ3n) is 2.03. The van der Waals surface area contributed by atoms with Gasteiger partial charge in [0.2, 0.25) is 0 Å². The highest BCUT2D eigenvalue weighted by Gasteiger charge is 2.08. The van der Waals surface area contributed by atoms with Gasteiger partial charge in [0.1, 0.15) is 5.36 Å². The first-order valence-electron chi connectivity index (χ1n) is 3.82. The molecule has 2 aromatic rings. The Hall–Kier alpha value is -1.97. The summed E-state index contributed by atoms with van der Waals surface area (Å²) in [5.41, 5.74) is 0.583. The van der Waals surface area contributed by atoms with Gasteiger partial charge in [-0.15, -0.1) is 0 Å². The van der Waals surface area contributed by atoms with Crippen LogP contribution in [0, 0.1) is 0 Å². The van der Waals surface area contributed by atoms with E-state index in [4.69, 9.17) is 4.52 Å². The van der Waals surface area contributed by atoms with Crippen LogP contribution in [0.4, 0.5) is 0 Å². The molecule has 1 aromatic heterocycles. The van der Waals surface area contributed by atoms with Crippen LogP contribution in [0.5, 0.6) is 0 Å². The summed E-state index contributed by atoms with van der Waals surface area (Å²) in [5.74, 6) is -0.237. The number of hydrogen-bond acceptors (Lipinski definition) is 3. The van der Waals surface area contributed by atoms with Crippen molar-refractivity contribution in [3.05, 3.63) is 28.9 Å². The lowest BCUT2D eigenvalue weighted by atomic mass is 10.2. The maximum Gasteiger partial charge on any atom is 0.271 e. The van der Waals surface area contributed by atoms with E-state index in [9.17, 15) is 4.79 Å². The van der Waals surface area contributed by atoms with Gasteiger partial charge in [-0.25, -0.2) is 4.99 Å². The van der Waals surface area contributed by atoms with Crippen molar-refractivity contribution in [3.8, 4) is 0 Å². The molecule has 1 aliphatic rings. The summed E-state index contributed by atoms with van der Waals surface area (Å²) >= 11 is 0. The van der Waals surface area contributed by atoms with Gasteiger partial charge in [-0.1, -0.05) is 11.2 Å². The summed E-state index contributed by atoms with van der Waals surface area (Å²) < 4.78 is 4.99. The minimum absolute atomic E-state index is 0.237. The number of benzene rings is 1. The zero-order valence-electron chi connectivity index (χ0n) is 6.52. The molecule has 0 N–H and O–H groups in total. The van der Waals surface area contributed by atoms with E-state index in [1.165, 1.54) is 6.08 Å². The Labute approximate surface area is 72.2 Å². The van der Waals surface area contributed by atoms with Crippen molar-refractivity contribution < 1.29 is 9.32 Å². The summed E-state index contributed by atoms with van der Waals surface area (Å²) in [6.07, 6.45) is 3.09. The highest BCUT2D eigenvalue weighted by molar-refractivity contribution is 6.07. The highest BCUT2D eigenvalue weighted by Crippen LogP contribution is 2.06. The first-order chi connectivity index (χ1) is 6.34. The third-order valence-corrected chi connectivity index (χ3v) is 2.03. The van der Waals surface area contributed by atoms with Gasteiger partial charge in [0.05, 0.1) is 6.20 Å². The van der Waals surface area contributed by atoms with Crippen LogP contribution in [0.15, 0.2) is 27.8 Å². The zero-order chi connectivity index (χ0) is 8.84. The summed E-state index contributed by atoms with van der Waals surface area (Å²) in [5, 5.41) is 5.91. The van der Waals surface area contributed by atoms with Crippen LogP contribution in [0.2, 0.25) is 0 Å². The summed E-state index contributed by atoms with van der Waals surface area (Å²) in [6, 6.07) is 3.69. The van der Waals surface area contributed by atoms with Crippen LogP contribution in [0.25, 0.3) is 17.0 Å². The van der Waals surface area contributed by atoms with Crippen LogP contribution in [-0.2, 0) is 4.79 Å². The van der Waals surface area contributed by atoms with Crippen LogP contribution >= 0.6 is 0 Å². The average Bonchev–Trinajstić information content (AvgIpc) is 2.65. The number of nitrogens with zero attached hydrogens (tertiary/aromatic N) is 2. The molecule has 0 spiro atoms. The van der Waals surface area contributed by atoms with Crippen molar-refractivity contribution in [1.29, 1.82) is 0 Å². The van der Waals surface area contributed by atoms with Crippen molar-refractivity contribution >= 4 is 23.0 Å². The molecule has 4 heteroatoms. The topological polar surface area (TPSA) is 55.5 Å². The van der Waals surface area contributed by atoms with Gasteiger partial charge in [-0.2, -0.15) is 0 Å². The quantitative estimate of drug-likeness (QED) is 0.551. The fourth-order valence-corrected chi connectivity index (χ4v) is 1.44. The van der Waals surface area contributed by atoms with E-state index in [0.717, 1.165) is 10.6 Å². The first-order valence-corrected chi connectivity index (χ1v) is 3.82. The highest BCUT2D eigenvalue weighted by atomic mass is 16.5.